The second kappa shape index (κ2) is 3.70. The van der Waals surface area contributed by atoms with Gasteiger partial charge in [0.05, 0.1) is 18.8 Å². The molecule has 0 amide bonds. The van der Waals surface area contributed by atoms with Crippen LogP contribution in [0.2, 0.25) is 0 Å². The van der Waals surface area contributed by atoms with Crippen LogP contribution in [0.3, 0.4) is 0 Å². The first kappa shape index (κ1) is 11.0. The van der Waals surface area contributed by atoms with Crippen molar-refractivity contribution in [2.24, 2.45) is 0 Å². The van der Waals surface area contributed by atoms with Gasteiger partial charge in [0.25, 0.3) is 0 Å². The van der Waals surface area contributed by atoms with Gasteiger partial charge in [0.1, 0.15) is 5.82 Å². The van der Waals surface area contributed by atoms with E-state index in [-0.39, 0.29) is 5.41 Å². The van der Waals surface area contributed by atoms with Crippen LogP contribution in [0.1, 0.15) is 32.8 Å². The maximum absolute atomic E-state index is 5.61. The Morgan fingerprint density at radius 3 is 2.65 bits per heavy atom. The van der Waals surface area contributed by atoms with Gasteiger partial charge in [-0.15, -0.1) is 0 Å². The summed E-state index contributed by atoms with van der Waals surface area (Å²) in [6.07, 6.45) is 3.62. The van der Waals surface area contributed by atoms with Crippen molar-refractivity contribution in [2.45, 2.75) is 44.8 Å². The molecule has 17 heavy (non-hydrogen) atoms. The maximum atomic E-state index is 5.61. The van der Waals surface area contributed by atoms with Gasteiger partial charge in [-0.25, -0.2) is 4.98 Å². The summed E-state index contributed by atoms with van der Waals surface area (Å²) in [4.78, 5) is 7.01. The highest BCUT2D eigenvalue weighted by Crippen LogP contribution is 2.32. The van der Waals surface area contributed by atoms with Crippen molar-refractivity contribution >= 4 is 5.82 Å². The Bertz CT molecular complexity index is 407. The fourth-order valence-electron chi connectivity index (χ4n) is 2.68. The summed E-state index contributed by atoms with van der Waals surface area (Å²) in [5.41, 5.74) is 1.47. The van der Waals surface area contributed by atoms with Gasteiger partial charge < -0.3 is 9.64 Å². The van der Waals surface area contributed by atoms with Gasteiger partial charge in [0.2, 0.25) is 0 Å². The van der Waals surface area contributed by atoms with Crippen molar-refractivity contribution in [1.82, 2.24) is 4.98 Å². The van der Waals surface area contributed by atoms with Crippen LogP contribution >= 0.6 is 0 Å². The van der Waals surface area contributed by atoms with Crippen LogP contribution in [0, 0.1) is 0 Å². The number of rotatable bonds is 1. The first-order chi connectivity index (χ1) is 8.04. The normalized spacial score (nSPS) is 27.8. The highest BCUT2D eigenvalue weighted by atomic mass is 16.5. The molecule has 1 aromatic rings. The summed E-state index contributed by atoms with van der Waals surface area (Å²) in [5.74, 6) is 1.11. The molecular weight excluding hydrogens is 212 g/mol. The zero-order valence-corrected chi connectivity index (χ0v) is 10.8. The Labute approximate surface area is 103 Å². The van der Waals surface area contributed by atoms with Gasteiger partial charge in [0.15, 0.2) is 0 Å². The van der Waals surface area contributed by atoms with Crippen molar-refractivity contribution in [3.63, 3.8) is 0 Å². The molecule has 2 atom stereocenters. The monoisotopic (exact) mass is 232 g/mol. The lowest BCUT2D eigenvalue weighted by molar-refractivity contribution is 0.0989. The first-order valence-electron chi connectivity index (χ1n) is 6.39. The quantitative estimate of drug-likeness (QED) is 0.743. The molecule has 0 aromatic carbocycles. The molecule has 0 N–H and O–H groups in total. The molecule has 0 radical (unpaired) electrons. The third-order valence-corrected chi connectivity index (χ3v) is 3.81. The Hall–Kier alpha value is -1.09. The van der Waals surface area contributed by atoms with E-state index < -0.39 is 0 Å². The Balaban J connectivity index is 1.81. The first-order valence-corrected chi connectivity index (χ1v) is 6.39. The Kier molecular flexibility index (Phi) is 2.40. The molecule has 1 aromatic heterocycles. The van der Waals surface area contributed by atoms with Crippen molar-refractivity contribution in [2.75, 3.05) is 18.1 Å². The lowest BCUT2D eigenvalue weighted by Crippen LogP contribution is -2.37. The van der Waals surface area contributed by atoms with Gasteiger partial charge in [-0.05, 0) is 23.5 Å². The third kappa shape index (κ3) is 1.93. The van der Waals surface area contributed by atoms with E-state index in [9.17, 15) is 0 Å². The average Bonchev–Trinajstić information content (AvgIpc) is 2.89. The predicted octanol–water partition coefficient (Wildman–Crippen LogP) is 2.36. The summed E-state index contributed by atoms with van der Waals surface area (Å²) < 4.78 is 5.61. The summed E-state index contributed by atoms with van der Waals surface area (Å²) in [6, 6.07) is 4.91. The lowest BCUT2D eigenvalue weighted by atomic mass is 9.88. The van der Waals surface area contributed by atoms with E-state index in [1.54, 1.807) is 0 Å². The predicted molar refractivity (Wildman–Crippen MR) is 68.4 cm³/mol. The summed E-state index contributed by atoms with van der Waals surface area (Å²) >= 11 is 0. The molecule has 3 nitrogen and oxygen atoms in total. The largest absolute Gasteiger partial charge is 0.374 e. The molecule has 2 bridgehead atoms. The summed E-state index contributed by atoms with van der Waals surface area (Å²) in [5, 5.41) is 0. The number of nitrogens with zero attached hydrogens (tertiary/aromatic N) is 2. The second-order valence-corrected chi connectivity index (χ2v) is 6.15. The van der Waals surface area contributed by atoms with Crippen molar-refractivity contribution < 1.29 is 4.74 Å². The van der Waals surface area contributed by atoms with E-state index in [0.717, 1.165) is 19.0 Å². The van der Waals surface area contributed by atoms with Gasteiger partial charge >= 0.3 is 0 Å². The van der Waals surface area contributed by atoms with Crippen molar-refractivity contribution in [3.05, 3.63) is 23.9 Å². The van der Waals surface area contributed by atoms with Crippen LogP contribution in [0.5, 0.6) is 0 Å². The smallest absolute Gasteiger partial charge is 0.128 e. The molecule has 2 saturated heterocycles. The van der Waals surface area contributed by atoms with Crippen LogP contribution in [-0.4, -0.2) is 30.3 Å². The number of fused-ring (bicyclic) bond motifs is 2. The zero-order valence-electron chi connectivity index (χ0n) is 10.8. The van der Waals surface area contributed by atoms with Crippen LogP contribution in [0.25, 0.3) is 0 Å². The van der Waals surface area contributed by atoms with E-state index in [2.05, 4.69) is 42.8 Å². The van der Waals surface area contributed by atoms with Gasteiger partial charge in [-0.2, -0.15) is 0 Å². The molecule has 0 saturated carbocycles. The van der Waals surface area contributed by atoms with E-state index in [1.807, 2.05) is 6.20 Å². The van der Waals surface area contributed by atoms with Crippen LogP contribution < -0.4 is 4.90 Å². The minimum Gasteiger partial charge on any atom is -0.374 e. The van der Waals surface area contributed by atoms with E-state index in [0.29, 0.717) is 12.1 Å². The standard InChI is InChI=1S/C14H20N2O/c1-14(2,3)10-4-5-13(15-7-10)16-8-12-6-11(16)9-17-12/h4-5,7,11-12H,6,8-9H2,1-3H3. The molecule has 0 aliphatic carbocycles. The topological polar surface area (TPSA) is 25.4 Å². The van der Waals surface area contributed by atoms with Gasteiger partial charge in [0, 0.05) is 12.7 Å². The van der Waals surface area contributed by atoms with Crippen molar-refractivity contribution in [1.29, 1.82) is 0 Å². The highest BCUT2D eigenvalue weighted by Gasteiger charge is 2.39. The van der Waals surface area contributed by atoms with Gasteiger partial charge in [-0.3, -0.25) is 0 Å². The number of hydrogen-bond acceptors (Lipinski definition) is 3. The number of anilines is 1. The third-order valence-electron chi connectivity index (χ3n) is 3.81. The molecular formula is C14H20N2O. The van der Waals surface area contributed by atoms with Crippen LogP contribution in [0.4, 0.5) is 5.82 Å². The Morgan fingerprint density at radius 2 is 2.18 bits per heavy atom. The van der Waals surface area contributed by atoms with Gasteiger partial charge in [-0.1, -0.05) is 26.8 Å². The lowest BCUT2D eigenvalue weighted by Gasteiger charge is -2.28. The number of pyridine rings is 1. The van der Waals surface area contributed by atoms with Crippen LogP contribution in [-0.2, 0) is 10.2 Å². The molecule has 2 aliphatic heterocycles. The minimum absolute atomic E-state index is 0.179. The number of aromatic nitrogens is 1. The average molecular weight is 232 g/mol. The number of morpholine rings is 1. The molecule has 2 fully saturated rings. The van der Waals surface area contributed by atoms with E-state index in [4.69, 9.17) is 4.74 Å². The van der Waals surface area contributed by atoms with Crippen LogP contribution in [0.15, 0.2) is 18.3 Å². The summed E-state index contributed by atoms with van der Waals surface area (Å²) in [7, 11) is 0. The molecule has 2 unspecified atom stereocenters. The zero-order chi connectivity index (χ0) is 12.0. The highest BCUT2D eigenvalue weighted by molar-refractivity contribution is 5.44. The minimum atomic E-state index is 0.179. The molecule has 2 aliphatic rings. The molecule has 3 heterocycles. The molecule has 3 rings (SSSR count). The molecule has 3 heteroatoms. The SMILES string of the molecule is CC(C)(C)c1ccc(N2CC3CC2CO3)nc1. The fourth-order valence-corrected chi connectivity index (χ4v) is 2.68. The summed E-state index contributed by atoms with van der Waals surface area (Å²) in [6.45, 7) is 8.53. The van der Waals surface area contributed by atoms with E-state index in [1.165, 1.54) is 12.0 Å². The molecule has 92 valence electrons. The number of ether oxygens (including phenoxy) is 1. The number of hydrogen-bond donors (Lipinski definition) is 0. The van der Waals surface area contributed by atoms with E-state index >= 15 is 0 Å². The maximum Gasteiger partial charge on any atom is 0.128 e. The fraction of sp³-hybridized carbons (Fsp3) is 0.643. The second-order valence-electron chi connectivity index (χ2n) is 6.15. The Morgan fingerprint density at radius 1 is 1.35 bits per heavy atom. The molecule has 0 spiro atoms. The van der Waals surface area contributed by atoms with Crippen molar-refractivity contribution in [3.8, 4) is 0 Å².